The van der Waals surface area contributed by atoms with E-state index in [1.165, 1.54) is 0 Å². The quantitative estimate of drug-likeness (QED) is 0.726. The van der Waals surface area contributed by atoms with Gasteiger partial charge in [-0.15, -0.1) is 0 Å². The van der Waals surface area contributed by atoms with E-state index in [1.807, 2.05) is 6.07 Å². The van der Waals surface area contributed by atoms with Gasteiger partial charge in [0.05, 0.1) is 17.2 Å². The minimum Gasteiger partial charge on any atom is -0.386 e. The molecular formula is C10H12N2OS. The van der Waals surface area contributed by atoms with Gasteiger partial charge in [-0.25, -0.2) is 0 Å². The smallest absolute Gasteiger partial charge is 0.0992 e. The number of hydrogen-bond acceptors (Lipinski definition) is 4. The van der Waals surface area contributed by atoms with Crippen LogP contribution in [0.15, 0.2) is 23.1 Å². The Bertz CT molecular complexity index is 377. The van der Waals surface area contributed by atoms with E-state index in [0.717, 1.165) is 16.8 Å². The molecule has 3 N–H and O–H groups in total. The maximum absolute atomic E-state index is 9.77. The zero-order valence-electron chi connectivity index (χ0n) is 8.11. The van der Waals surface area contributed by atoms with Gasteiger partial charge in [0.2, 0.25) is 0 Å². The molecule has 4 heteroatoms. The largest absolute Gasteiger partial charge is 0.386 e. The van der Waals surface area contributed by atoms with Crippen LogP contribution in [-0.4, -0.2) is 5.11 Å². The van der Waals surface area contributed by atoms with Crippen molar-refractivity contribution in [1.82, 2.24) is 0 Å². The average Bonchev–Trinajstić information content (AvgIpc) is 2.15. The van der Waals surface area contributed by atoms with Crippen LogP contribution in [-0.2, 0) is 5.60 Å². The average molecular weight is 208 g/mol. The lowest BCUT2D eigenvalue weighted by atomic mass is 9.97. The third kappa shape index (κ3) is 2.48. The number of nitriles is 1. The van der Waals surface area contributed by atoms with Gasteiger partial charge >= 0.3 is 0 Å². The summed E-state index contributed by atoms with van der Waals surface area (Å²) in [5.74, 6) is 0. The van der Waals surface area contributed by atoms with Crippen molar-refractivity contribution in [3.8, 4) is 6.07 Å². The molecule has 0 fully saturated rings. The Balaban J connectivity index is 3.26. The Morgan fingerprint density at radius 2 is 2.07 bits per heavy atom. The summed E-state index contributed by atoms with van der Waals surface area (Å²) in [6, 6.07) is 7.18. The van der Waals surface area contributed by atoms with Crippen LogP contribution in [0.5, 0.6) is 0 Å². The molecule has 0 aliphatic heterocycles. The minimum atomic E-state index is -0.947. The molecule has 0 atom stereocenters. The van der Waals surface area contributed by atoms with Crippen LogP contribution in [0.3, 0.4) is 0 Å². The highest BCUT2D eigenvalue weighted by atomic mass is 32.2. The molecule has 1 rings (SSSR count). The lowest BCUT2D eigenvalue weighted by Crippen LogP contribution is -2.15. The Kier molecular flexibility index (Phi) is 3.17. The normalized spacial score (nSPS) is 11.1. The predicted molar refractivity (Wildman–Crippen MR) is 56.4 cm³/mol. The molecule has 74 valence electrons. The van der Waals surface area contributed by atoms with E-state index in [4.69, 9.17) is 10.4 Å². The van der Waals surface area contributed by atoms with E-state index in [9.17, 15) is 5.11 Å². The molecule has 0 aliphatic carbocycles. The van der Waals surface area contributed by atoms with Gasteiger partial charge < -0.3 is 5.11 Å². The van der Waals surface area contributed by atoms with Gasteiger partial charge in [0.15, 0.2) is 0 Å². The monoisotopic (exact) mass is 208 g/mol. The number of aliphatic hydroxyl groups is 1. The van der Waals surface area contributed by atoms with Gasteiger partial charge in [-0.1, -0.05) is 0 Å². The standard InChI is InChI=1S/C10H12N2OS/c1-10(2,13)8-3-7(6-11)4-9(5-8)14-12/h3-5,13H,12H2,1-2H3. The molecule has 0 spiro atoms. The van der Waals surface area contributed by atoms with E-state index in [-0.39, 0.29) is 0 Å². The lowest BCUT2D eigenvalue weighted by molar-refractivity contribution is 0.0783. The third-order valence-corrected chi connectivity index (χ3v) is 2.39. The first kappa shape index (κ1) is 11.1. The van der Waals surface area contributed by atoms with Crippen LogP contribution in [0.1, 0.15) is 25.0 Å². The van der Waals surface area contributed by atoms with Crippen molar-refractivity contribution in [2.24, 2.45) is 5.14 Å². The van der Waals surface area contributed by atoms with Crippen LogP contribution in [0.2, 0.25) is 0 Å². The summed E-state index contributed by atoms with van der Waals surface area (Å²) in [6.45, 7) is 3.35. The van der Waals surface area contributed by atoms with Gasteiger partial charge in [0.25, 0.3) is 0 Å². The number of rotatable bonds is 2. The molecule has 1 aromatic carbocycles. The topological polar surface area (TPSA) is 70.0 Å². The van der Waals surface area contributed by atoms with Gasteiger partial charge in [-0.2, -0.15) is 5.26 Å². The molecule has 0 amide bonds. The fourth-order valence-corrected chi connectivity index (χ4v) is 1.47. The van der Waals surface area contributed by atoms with Crippen LogP contribution in [0.25, 0.3) is 0 Å². The first-order valence-electron chi connectivity index (χ1n) is 4.12. The van der Waals surface area contributed by atoms with Crippen molar-refractivity contribution in [2.75, 3.05) is 0 Å². The molecule has 14 heavy (non-hydrogen) atoms. The number of nitrogens with zero attached hydrogens (tertiary/aromatic N) is 1. The molecule has 0 saturated carbocycles. The van der Waals surface area contributed by atoms with Gasteiger partial charge in [-0.05, 0) is 49.6 Å². The number of benzene rings is 1. The molecule has 0 heterocycles. The Morgan fingerprint density at radius 3 is 2.50 bits per heavy atom. The summed E-state index contributed by atoms with van der Waals surface area (Å²) in [6.07, 6.45) is 0. The Morgan fingerprint density at radius 1 is 1.43 bits per heavy atom. The first-order chi connectivity index (χ1) is 6.47. The highest BCUT2D eigenvalue weighted by Gasteiger charge is 2.17. The maximum atomic E-state index is 9.77. The van der Waals surface area contributed by atoms with Crippen molar-refractivity contribution in [3.63, 3.8) is 0 Å². The van der Waals surface area contributed by atoms with Crippen LogP contribution >= 0.6 is 11.9 Å². The Labute approximate surface area is 87.7 Å². The van der Waals surface area contributed by atoms with Crippen molar-refractivity contribution in [1.29, 1.82) is 5.26 Å². The molecule has 3 nitrogen and oxygen atoms in total. The van der Waals surface area contributed by atoms with E-state index in [2.05, 4.69) is 0 Å². The van der Waals surface area contributed by atoms with Crippen molar-refractivity contribution in [2.45, 2.75) is 24.3 Å². The zero-order chi connectivity index (χ0) is 10.8. The van der Waals surface area contributed by atoms with Crippen molar-refractivity contribution >= 4 is 11.9 Å². The van der Waals surface area contributed by atoms with Gasteiger partial charge in [0, 0.05) is 4.90 Å². The molecule has 0 radical (unpaired) electrons. The fraction of sp³-hybridized carbons (Fsp3) is 0.300. The van der Waals surface area contributed by atoms with Gasteiger partial charge in [-0.3, -0.25) is 5.14 Å². The van der Waals surface area contributed by atoms with E-state index >= 15 is 0 Å². The second-order valence-corrected chi connectivity index (χ2v) is 4.24. The second kappa shape index (κ2) is 4.01. The maximum Gasteiger partial charge on any atom is 0.0992 e. The lowest BCUT2D eigenvalue weighted by Gasteiger charge is -2.18. The first-order valence-corrected chi connectivity index (χ1v) is 5.00. The molecule has 0 unspecified atom stereocenters. The van der Waals surface area contributed by atoms with Crippen molar-refractivity contribution in [3.05, 3.63) is 29.3 Å². The fourth-order valence-electron chi connectivity index (χ4n) is 1.08. The third-order valence-electron chi connectivity index (χ3n) is 1.88. The van der Waals surface area contributed by atoms with Crippen LogP contribution in [0, 0.1) is 11.3 Å². The van der Waals surface area contributed by atoms with E-state index in [0.29, 0.717) is 11.1 Å². The summed E-state index contributed by atoms with van der Waals surface area (Å²) in [5.41, 5.74) is 0.263. The van der Waals surface area contributed by atoms with E-state index in [1.54, 1.807) is 32.0 Å². The summed E-state index contributed by atoms with van der Waals surface area (Å²) >= 11 is 1.07. The summed E-state index contributed by atoms with van der Waals surface area (Å²) in [4.78, 5) is 0.779. The SMILES string of the molecule is CC(C)(O)c1cc(C#N)cc(SN)c1. The summed E-state index contributed by atoms with van der Waals surface area (Å²) in [5, 5.41) is 23.9. The second-order valence-electron chi connectivity index (χ2n) is 3.53. The summed E-state index contributed by atoms with van der Waals surface area (Å²) in [7, 11) is 0. The zero-order valence-corrected chi connectivity index (χ0v) is 8.93. The summed E-state index contributed by atoms with van der Waals surface area (Å²) < 4.78 is 0. The van der Waals surface area contributed by atoms with Gasteiger partial charge in [0.1, 0.15) is 0 Å². The number of nitrogens with two attached hydrogens (primary N) is 1. The Hall–Kier alpha value is -1.02. The van der Waals surface area contributed by atoms with Crippen LogP contribution < -0.4 is 5.14 Å². The molecule has 0 aliphatic rings. The van der Waals surface area contributed by atoms with Crippen molar-refractivity contribution < 1.29 is 5.11 Å². The predicted octanol–water partition coefficient (Wildman–Crippen LogP) is 1.75. The molecule has 1 aromatic rings. The van der Waals surface area contributed by atoms with E-state index < -0.39 is 5.60 Å². The molecule has 0 aromatic heterocycles. The number of hydrogen-bond donors (Lipinski definition) is 2. The highest BCUT2D eigenvalue weighted by molar-refractivity contribution is 7.97. The highest BCUT2D eigenvalue weighted by Crippen LogP contribution is 2.25. The molecular weight excluding hydrogens is 196 g/mol. The molecule has 0 bridgehead atoms. The van der Waals surface area contributed by atoms with Crippen LogP contribution in [0.4, 0.5) is 0 Å². The minimum absolute atomic E-state index is 0.512. The molecule has 0 saturated heterocycles.